The van der Waals surface area contributed by atoms with E-state index in [2.05, 4.69) is 26.5 Å². The molecule has 3 N–H and O–H groups in total. The van der Waals surface area contributed by atoms with Gasteiger partial charge in [-0.15, -0.1) is 6.58 Å². The predicted octanol–water partition coefficient (Wildman–Crippen LogP) is 3.20. The normalized spacial score (nSPS) is 56.7. The molecule has 3 saturated carbocycles. The van der Waals surface area contributed by atoms with Crippen molar-refractivity contribution in [3.05, 3.63) is 24.3 Å². The van der Waals surface area contributed by atoms with Crippen molar-refractivity contribution >= 4 is 0 Å². The highest BCUT2D eigenvalue weighted by molar-refractivity contribution is 5.29. The Hall–Kier alpha value is -0.640. The lowest BCUT2D eigenvalue weighted by Crippen LogP contribution is -2.57. The van der Waals surface area contributed by atoms with Crippen LogP contribution >= 0.6 is 0 Å². The number of hydrogen-bond donors (Lipinski definition) is 3. The van der Waals surface area contributed by atoms with Crippen LogP contribution in [0.5, 0.6) is 0 Å². The van der Waals surface area contributed by atoms with Gasteiger partial charge in [-0.3, -0.25) is 0 Å². The summed E-state index contributed by atoms with van der Waals surface area (Å²) in [4.78, 5) is 0. The quantitative estimate of drug-likeness (QED) is 0.646. The lowest BCUT2D eigenvalue weighted by molar-refractivity contribution is -0.126. The van der Waals surface area contributed by atoms with Crippen molar-refractivity contribution in [2.45, 2.75) is 76.6 Å². The molecule has 0 bridgehead atoms. The van der Waals surface area contributed by atoms with Gasteiger partial charge in [0.25, 0.3) is 0 Å². The molecule has 0 spiro atoms. The van der Waals surface area contributed by atoms with E-state index in [1.54, 1.807) is 6.08 Å². The van der Waals surface area contributed by atoms with Gasteiger partial charge < -0.3 is 15.3 Å². The topological polar surface area (TPSA) is 60.7 Å². The lowest BCUT2D eigenvalue weighted by Gasteiger charge is -2.59. The minimum absolute atomic E-state index is 0.110. The molecule has 0 aromatic rings. The summed E-state index contributed by atoms with van der Waals surface area (Å²) < 4.78 is 0. The Labute approximate surface area is 145 Å². The summed E-state index contributed by atoms with van der Waals surface area (Å²) in [7, 11) is 0. The van der Waals surface area contributed by atoms with Crippen molar-refractivity contribution in [2.24, 2.45) is 28.6 Å². The summed E-state index contributed by atoms with van der Waals surface area (Å²) in [5, 5.41) is 32.2. The minimum Gasteiger partial charge on any atom is -0.393 e. The Morgan fingerprint density at radius 2 is 1.79 bits per heavy atom. The minimum atomic E-state index is -0.796. The molecule has 0 radical (unpaired) electrons. The van der Waals surface area contributed by atoms with E-state index in [0.29, 0.717) is 11.8 Å². The first kappa shape index (κ1) is 16.8. The van der Waals surface area contributed by atoms with E-state index in [1.807, 2.05) is 0 Å². The third-order valence-electron chi connectivity index (χ3n) is 8.66. The van der Waals surface area contributed by atoms with E-state index >= 15 is 0 Å². The Kier molecular flexibility index (Phi) is 3.63. The van der Waals surface area contributed by atoms with Crippen LogP contribution in [0, 0.1) is 28.6 Å². The van der Waals surface area contributed by atoms with Crippen LogP contribution in [0.1, 0.15) is 58.8 Å². The predicted molar refractivity (Wildman–Crippen MR) is 94.2 cm³/mol. The van der Waals surface area contributed by atoms with Gasteiger partial charge >= 0.3 is 0 Å². The van der Waals surface area contributed by atoms with Gasteiger partial charge in [0, 0.05) is 5.41 Å². The molecule has 0 saturated heterocycles. The Morgan fingerprint density at radius 3 is 2.50 bits per heavy atom. The van der Waals surface area contributed by atoms with Gasteiger partial charge in [0.05, 0.1) is 17.8 Å². The largest absolute Gasteiger partial charge is 0.393 e. The highest BCUT2D eigenvalue weighted by Gasteiger charge is 2.64. The molecule has 134 valence electrons. The summed E-state index contributed by atoms with van der Waals surface area (Å²) in [6.07, 6.45) is 9.50. The van der Waals surface area contributed by atoms with E-state index in [4.69, 9.17) is 0 Å². The summed E-state index contributed by atoms with van der Waals surface area (Å²) >= 11 is 0. The van der Waals surface area contributed by atoms with E-state index < -0.39 is 11.7 Å². The number of rotatable bonds is 1. The monoisotopic (exact) mass is 332 g/mol. The number of fused-ring (bicyclic) bond motifs is 5. The average Bonchev–Trinajstić information content (AvgIpc) is 2.82. The molecule has 8 atom stereocenters. The summed E-state index contributed by atoms with van der Waals surface area (Å²) in [6, 6.07) is 0. The zero-order valence-corrected chi connectivity index (χ0v) is 15.0. The Bertz CT molecular complexity index is 584. The molecule has 0 aliphatic heterocycles. The molecule has 3 heteroatoms. The lowest BCUT2D eigenvalue weighted by atomic mass is 9.46. The molecule has 4 rings (SSSR count). The second kappa shape index (κ2) is 5.18. The number of hydrogen-bond acceptors (Lipinski definition) is 3. The molecule has 4 aliphatic carbocycles. The molecule has 0 aromatic heterocycles. The van der Waals surface area contributed by atoms with Crippen molar-refractivity contribution in [2.75, 3.05) is 0 Å². The second-order valence-corrected chi connectivity index (χ2v) is 9.41. The standard InChI is InChI=1S/C21H32O3/c1-4-21(24)10-7-16-18-15(6-9-20(16,21)3)19(2)8-5-14(22)11-13(19)12-17(18)23/h4,12,14-18,22-24H,1,5-11H2,2-3H3/t14-,15-,16-,17-,18+,19-,20-,21-/m0/s1. The van der Waals surface area contributed by atoms with Crippen LogP contribution in [0.3, 0.4) is 0 Å². The Balaban J connectivity index is 1.74. The van der Waals surface area contributed by atoms with E-state index in [9.17, 15) is 15.3 Å². The van der Waals surface area contributed by atoms with Crippen molar-refractivity contribution in [3.63, 3.8) is 0 Å². The average molecular weight is 332 g/mol. The SMILES string of the molecule is C=C[C@]1(O)CC[C@H]2[C@@H]3[C@@H](O)C=C4C[C@@H](O)CC[C@]4(C)[C@H]3CC[C@@]21C. The molecule has 0 heterocycles. The Morgan fingerprint density at radius 1 is 1.08 bits per heavy atom. The van der Waals surface area contributed by atoms with Gasteiger partial charge in [-0.05, 0) is 68.1 Å². The van der Waals surface area contributed by atoms with Crippen LogP contribution in [-0.2, 0) is 0 Å². The third kappa shape index (κ3) is 1.95. The zero-order chi connectivity index (χ0) is 17.3. The number of aliphatic hydroxyl groups excluding tert-OH is 2. The van der Waals surface area contributed by atoms with Crippen molar-refractivity contribution < 1.29 is 15.3 Å². The first-order chi connectivity index (χ1) is 11.2. The van der Waals surface area contributed by atoms with E-state index in [-0.39, 0.29) is 22.9 Å². The molecule has 3 fully saturated rings. The maximum absolute atomic E-state index is 11.1. The van der Waals surface area contributed by atoms with E-state index in [0.717, 1.165) is 44.9 Å². The fourth-order valence-electron chi connectivity index (χ4n) is 7.02. The highest BCUT2D eigenvalue weighted by atomic mass is 16.3. The molecular formula is C21H32O3. The van der Waals surface area contributed by atoms with Gasteiger partial charge in [0.2, 0.25) is 0 Å². The molecule has 24 heavy (non-hydrogen) atoms. The maximum Gasteiger partial charge on any atom is 0.0881 e. The first-order valence-electron chi connectivity index (χ1n) is 9.68. The van der Waals surface area contributed by atoms with Crippen LogP contribution < -0.4 is 0 Å². The highest BCUT2D eigenvalue weighted by Crippen LogP contribution is 2.67. The van der Waals surface area contributed by atoms with Crippen molar-refractivity contribution in [1.29, 1.82) is 0 Å². The smallest absolute Gasteiger partial charge is 0.0881 e. The summed E-state index contributed by atoms with van der Waals surface area (Å²) in [5.74, 6) is 1.03. The maximum atomic E-state index is 11.1. The van der Waals surface area contributed by atoms with Crippen LogP contribution in [0.4, 0.5) is 0 Å². The molecule has 4 aliphatic rings. The van der Waals surface area contributed by atoms with Crippen molar-refractivity contribution in [1.82, 2.24) is 0 Å². The van der Waals surface area contributed by atoms with Gasteiger partial charge in [0.15, 0.2) is 0 Å². The second-order valence-electron chi connectivity index (χ2n) is 9.41. The van der Waals surface area contributed by atoms with Crippen LogP contribution in [0.15, 0.2) is 24.3 Å². The van der Waals surface area contributed by atoms with Gasteiger partial charge in [-0.25, -0.2) is 0 Å². The summed E-state index contributed by atoms with van der Waals surface area (Å²) in [5.41, 5.74) is 0.415. The fourth-order valence-corrected chi connectivity index (χ4v) is 7.02. The van der Waals surface area contributed by atoms with Crippen LogP contribution in [0.2, 0.25) is 0 Å². The number of aliphatic hydroxyl groups is 3. The molecular weight excluding hydrogens is 300 g/mol. The van der Waals surface area contributed by atoms with Crippen LogP contribution in [-0.4, -0.2) is 33.1 Å². The fraction of sp³-hybridized carbons (Fsp3) is 0.810. The first-order valence-corrected chi connectivity index (χ1v) is 9.68. The molecule has 0 amide bonds. The van der Waals surface area contributed by atoms with Crippen molar-refractivity contribution in [3.8, 4) is 0 Å². The molecule has 3 nitrogen and oxygen atoms in total. The molecule has 0 unspecified atom stereocenters. The van der Waals surface area contributed by atoms with Gasteiger partial charge in [-0.2, -0.15) is 0 Å². The van der Waals surface area contributed by atoms with Gasteiger partial charge in [-0.1, -0.05) is 31.6 Å². The third-order valence-corrected chi connectivity index (χ3v) is 8.66. The van der Waals surface area contributed by atoms with E-state index in [1.165, 1.54) is 5.57 Å². The molecule has 0 aromatic carbocycles. The zero-order valence-electron chi connectivity index (χ0n) is 15.0. The summed E-state index contributed by atoms with van der Waals surface area (Å²) in [6.45, 7) is 8.47. The van der Waals surface area contributed by atoms with Crippen LogP contribution in [0.25, 0.3) is 0 Å². The van der Waals surface area contributed by atoms with Gasteiger partial charge in [0.1, 0.15) is 0 Å².